The number of nitro benzene ring substituents is 1. The summed E-state index contributed by atoms with van der Waals surface area (Å²) in [5, 5.41) is 11.0. The minimum Gasteiger partial charge on any atom is -0.490 e. The molecule has 172 valence electrons. The summed E-state index contributed by atoms with van der Waals surface area (Å²) in [6.07, 6.45) is 1.51. The van der Waals surface area contributed by atoms with Crippen LogP contribution in [0, 0.1) is 13.7 Å². The lowest BCUT2D eigenvalue weighted by Gasteiger charge is -2.14. The van der Waals surface area contributed by atoms with Crippen LogP contribution in [0.2, 0.25) is 0 Å². The Hall–Kier alpha value is -3.48. The Bertz CT molecular complexity index is 1160. The van der Waals surface area contributed by atoms with Crippen molar-refractivity contribution in [2.24, 2.45) is 4.99 Å². The van der Waals surface area contributed by atoms with Crippen molar-refractivity contribution in [2.75, 3.05) is 19.8 Å². The molecule has 33 heavy (non-hydrogen) atoms. The van der Waals surface area contributed by atoms with E-state index in [1.165, 1.54) is 24.3 Å². The van der Waals surface area contributed by atoms with Crippen molar-refractivity contribution in [1.82, 2.24) is 0 Å². The normalized spacial score (nSPS) is 14.0. The molecule has 0 N–H and O–H groups in total. The topological polar surface area (TPSA) is 127 Å². The molecular formula is C22H19IN2O8. The molecule has 1 aliphatic heterocycles. The average molecular weight is 566 g/mol. The molecular weight excluding hydrogens is 547 g/mol. The number of hydrogen-bond acceptors (Lipinski definition) is 9. The summed E-state index contributed by atoms with van der Waals surface area (Å²) in [7, 11) is 0. The number of cyclic esters (lactones) is 1. The lowest BCUT2D eigenvalue weighted by Crippen LogP contribution is -2.15. The Balaban J connectivity index is 1.90. The van der Waals surface area contributed by atoms with Gasteiger partial charge in [0.1, 0.15) is 0 Å². The Morgan fingerprint density at radius 2 is 2.00 bits per heavy atom. The summed E-state index contributed by atoms with van der Waals surface area (Å²) in [6, 6.07) is 9.03. The first kappa shape index (κ1) is 24.2. The second kappa shape index (κ2) is 10.9. The smallest absolute Gasteiger partial charge is 0.363 e. The molecule has 2 aromatic rings. The minimum atomic E-state index is -0.688. The summed E-state index contributed by atoms with van der Waals surface area (Å²) in [5.74, 6) is -0.452. The van der Waals surface area contributed by atoms with Crippen molar-refractivity contribution in [3.63, 3.8) is 0 Å². The highest BCUT2D eigenvalue weighted by molar-refractivity contribution is 14.1. The van der Waals surface area contributed by atoms with E-state index in [2.05, 4.69) is 4.99 Å². The number of aliphatic imine (C=N–C) groups is 1. The van der Waals surface area contributed by atoms with Crippen LogP contribution in [0.1, 0.15) is 25.0 Å². The number of nitro groups is 1. The molecule has 0 saturated carbocycles. The molecule has 0 bridgehead atoms. The minimum absolute atomic E-state index is 0.0231. The number of carbonyl (C=O) groups excluding carboxylic acids is 2. The van der Waals surface area contributed by atoms with Gasteiger partial charge in [0.25, 0.3) is 5.69 Å². The number of hydrogen-bond donors (Lipinski definition) is 0. The summed E-state index contributed by atoms with van der Waals surface area (Å²) in [4.78, 5) is 38.6. The predicted octanol–water partition coefficient (Wildman–Crippen LogP) is 3.88. The number of non-ortho nitro benzene ring substituents is 1. The number of benzene rings is 2. The standard InChI is InChI=1S/C22H19IN2O8/c1-3-30-18-10-13(8-16(23)20(18)32-12-19(26)31-4-2)9-17-22(27)33-21(24-17)14-6-5-7-15(11-14)25(28)29/h5-11H,3-4,12H2,1-2H3/b17-9-. The van der Waals surface area contributed by atoms with Gasteiger partial charge in [0.2, 0.25) is 5.90 Å². The van der Waals surface area contributed by atoms with Gasteiger partial charge in [-0.25, -0.2) is 14.6 Å². The Morgan fingerprint density at radius 1 is 1.21 bits per heavy atom. The van der Waals surface area contributed by atoms with Gasteiger partial charge in [-0.15, -0.1) is 0 Å². The fourth-order valence-corrected chi connectivity index (χ4v) is 3.63. The van der Waals surface area contributed by atoms with E-state index in [1.54, 1.807) is 32.0 Å². The van der Waals surface area contributed by atoms with Gasteiger partial charge in [0, 0.05) is 17.7 Å². The van der Waals surface area contributed by atoms with Gasteiger partial charge in [0.05, 0.1) is 21.7 Å². The van der Waals surface area contributed by atoms with E-state index in [0.717, 1.165) is 0 Å². The van der Waals surface area contributed by atoms with Gasteiger partial charge in [0.15, 0.2) is 23.8 Å². The lowest BCUT2D eigenvalue weighted by atomic mass is 10.1. The van der Waals surface area contributed by atoms with Gasteiger partial charge in [-0.2, -0.15) is 0 Å². The summed E-state index contributed by atoms with van der Waals surface area (Å²) < 4.78 is 21.9. The molecule has 0 atom stereocenters. The zero-order valence-corrected chi connectivity index (χ0v) is 19.9. The van der Waals surface area contributed by atoms with Crippen molar-refractivity contribution in [2.45, 2.75) is 13.8 Å². The molecule has 0 radical (unpaired) electrons. The molecule has 3 rings (SSSR count). The number of carbonyl (C=O) groups is 2. The second-order valence-electron chi connectivity index (χ2n) is 6.50. The first-order valence-corrected chi connectivity index (χ1v) is 10.9. The molecule has 0 amide bonds. The Labute approximate surface area is 202 Å². The fraction of sp³-hybridized carbons (Fsp3) is 0.227. The van der Waals surface area contributed by atoms with E-state index in [-0.39, 0.29) is 30.5 Å². The monoisotopic (exact) mass is 566 g/mol. The number of halogens is 1. The number of ether oxygens (including phenoxy) is 4. The third-order valence-electron chi connectivity index (χ3n) is 4.20. The number of rotatable bonds is 9. The highest BCUT2D eigenvalue weighted by Crippen LogP contribution is 2.35. The quantitative estimate of drug-likeness (QED) is 0.147. The molecule has 10 nitrogen and oxygen atoms in total. The highest BCUT2D eigenvalue weighted by Gasteiger charge is 2.25. The van der Waals surface area contributed by atoms with Crippen molar-refractivity contribution >= 4 is 52.2 Å². The second-order valence-corrected chi connectivity index (χ2v) is 7.66. The molecule has 0 aliphatic carbocycles. The maximum atomic E-state index is 12.3. The van der Waals surface area contributed by atoms with E-state index in [1.807, 2.05) is 22.6 Å². The first-order chi connectivity index (χ1) is 15.8. The summed E-state index contributed by atoms with van der Waals surface area (Å²) in [5.41, 5.74) is 0.781. The Morgan fingerprint density at radius 3 is 2.70 bits per heavy atom. The molecule has 0 spiro atoms. The Kier molecular flexibility index (Phi) is 7.98. The largest absolute Gasteiger partial charge is 0.490 e. The molecule has 0 fully saturated rings. The van der Waals surface area contributed by atoms with Gasteiger partial charge in [-0.3, -0.25) is 10.1 Å². The van der Waals surface area contributed by atoms with Crippen LogP contribution in [0.4, 0.5) is 5.69 Å². The SMILES string of the molecule is CCOC(=O)COc1c(I)cc(/C=C2\N=C(c3cccc([N+](=O)[O-])c3)OC2=O)cc1OCC. The van der Waals surface area contributed by atoms with Crippen LogP contribution in [0.15, 0.2) is 47.1 Å². The van der Waals surface area contributed by atoms with Gasteiger partial charge in [-0.1, -0.05) is 6.07 Å². The van der Waals surface area contributed by atoms with Crippen molar-refractivity contribution in [3.8, 4) is 11.5 Å². The van der Waals surface area contributed by atoms with E-state index in [0.29, 0.717) is 32.8 Å². The summed E-state index contributed by atoms with van der Waals surface area (Å²) >= 11 is 2.03. The zero-order valence-electron chi connectivity index (χ0n) is 17.7. The first-order valence-electron chi connectivity index (χ1n) is 9.84. The number of esters is 2. The molecule has 2 aromatic carbocycles. The highest BCUT2D eigenvalue weighted by atomic mass is 127. The van der Waals surface area contributed by atoms with Crippen LogP contribution in [0.3, 0.4) is 0 Å². The molecule has 1 heterocycles. The van der Waals surface area contributed by atoms with E-state index >= 15 is 0 Å². The average Bonchev–Trinajstić information content (AvgIpc) is 3.14. The van der Waals surface area contributed by atoms with E-state index in [9.17, 15) is 19.7 Å². The fourth-order valence-electron chi connectivity index (χ4n) is 2.85. The van der Waals surface area contributed by atoms with Crippen molar-refractivity contribution in [1.29, 1.82) is 0 Å². The van der Waals surface area contributed by atoms with Crippen LogP contribution in [0.25, 0.3) is 6.08 Å². The van der Waals surface area contributed by atoms with Crippen molar-refractivity contribution in [3.05, 3.63) is 66.9 Å². The van der Waals surface area contributed by atoms with Crippen LogP contribution in [-0.2, 0) is 19.1 Å². The maximum absolute atomic E-state index is 12.3. The molecule has 0 aromatic heterocycles. The number of nitrogens with zero attached hydrogens (tertiary/aromatic N) is 2. The predicted molar refractivity (Wildman–Crippen MR) is 126 cm³/mol. The molecule has 11 heteroatoms. The van der Waals surface area contributed by atoms with E-state index < -0.39 is 16.9 Å². The van der Waals surface area contributed by atoms with Gasteiger partial charge >= 0.3 is 11.9 Å². The third kappa shape index (κ3) is 6.06. The molecule has 0 unspecified atom stereocenters. The lowest BCUT2D eigenvalue weighted by molar-refractivity contribution is -0.384. The van der Waals surface area contributed by atoms with Gasteiger partial charge in [-0.05, 0) is 66.3 Å². The maximum Gasteiger partial charge on any atom is 0.363 e. The van der Waals surface area contributed by atoms with Crippen LogP contribution >= 0.6 is 22.6 Å². The van der Waals surface area contributed by atoms with Crippen LogP contribution < -0.4 is 9.47 Å². The van der Waals surface area contributed by atoms with Gasteiger partial charge < -0.3 is 18.9 Å². The summed E-state index contributed by atoms with van der Waals surface area (Å²) in [6.45, 7) is 3.84. The molecule has 0 saturated heterocycles. The molecule has 1 aliphatic rings. The van der Waals surface area contributed by atoms with Crippen LogP contribution in [0.5, 0.6) is 11.5 Å². The third-order valence-corrected chi connectivity index (χ3v) is 5.00. The van der Waals surface area contributed by atoms with Crippen LogP contribution in [-0.4, -0.2) is 42.6 Å². The van der Waals surface area contributed by atoms with Crippen molar-refractivity contribution < 1.29 is 33.5 Å². The zero-order chi connectivity index (χ0) is 24.0. The van der Waals surface area contributed by atoms with E-state index in [4.69, 9.17) is 18.9 Å².